The number of pyridine rings is 1. The lowest BCUT2D eigenvalue weighted by atomic mass is 10.1. The van der Waals surface area contributed by atoms with Gasteiger partial charge in [-0.3, -0.25) is 4.98 Å². The van der Waals surface area contributed by atoms with Gasteiger partial charge in [0, 0.05) is 6.20 Å². The molecule has 2 heterocycles. The highest BCUT2D eigenvalue weighted by molar-refractivity contribution is 5.15. The Morgan fingerprint density at radius 3 is 2.88 bits per heavy atom. The van der Waals surface area contributed by atoms with Gasteiger partial charge >= 0.3 is 0 Å². The molecule has 0 radical (unpaired) electrons. The number of ether oxygens (including phenoxy) is 1. The molecule has 0 aliphatic heterocycles. The Morgan fingerprint density at radius 2 is 2.29 bits per heavy atom. The molecule has 17 heavy (non-hydrogen) atoms. The summed E-state index contributed by atoms with van der Waals surface area (Å²) in [5.41, 5.74) is 5.23. The summed E-state index contributed by atoms with van der Waals surface area (Å²) in [6.07, 6.45) is 3.29. The summed E-state index contributed by atoms with van der Waals surface area (Å²) in [5, 5.41) is 3.79. The predicted molar refractivity (Wildman–Crippen MR) is 60.1 cm³/mol. The molecule has 90 valence electrons. The van der Waals surface area contributed by atoms with Gasteiger partial charge in [-0.2, -0.15) is 4.98 Å². The normalized spacial score (nSPS) is 11.5. The summed E-state index contributed by atoms with van der Waals surface area (Å²) >= 11 is 0. The molecule has 0 fully saturated rings. The number of nitrogens with two attached hydrogens (primary N) is 1. The second-order valence-corrected chi connectivity index (χ2v) is 4.21. The van der Waals surface area contributed by atoms with Crippen molar-refractivity contribution >= 4 is 0 Å². The van der Waals surface area contributed by atoms with Gasteiger partial charge in [0.25, 0.3) is 5.89 Å². The zero-order chi connectivity index (χ0) is 12.3. The van der Waals surface area contributed by atoms with Crippen molar-refractivity contribution in [1.82, 2.24) is 15.1 Å². The maximum atomic E-state index is 5.84. The van der Waals surface area contributed by atoms with E-state index < -0.39 is 5.54 Å². The van der Waals surface area contributed by atoms with Crippen LogP contribution >= 0.6 is 0 Å². The number of rotatable bonds is 4. The monoisotopic (exact) mass is 234 g/mol. The van der Waals surface area contributed by atoms with Gasteiger partial charge < -0.3 is 15.0 Å². The number of hydrogen-bond donors (Lipinski definition) is 1. The standard InChI is InChI=1S/C11H14N4O2/c1-11(2,12)10-14-9(17-15-10)7-16-8-4-3-5-13-6-8/h3-6H,7,12H2,1-2H3. The quantitative estimate of drug-likeness (QED) is 0.856. The van der Waals surface area contributed by atoms with Crippen LogP contribution in [0.15, 0.2) is 29.0 Å². The molecule has 6 heteroatoms. The summed E-state index contributed by atoms with van der Waals surface area (Å²) in [4.78, 5) is 8.08. The van der Waals surface area contributed by atoms with Crippen LogP contribution in [0.5, 0.6) is 5.75 Å². The smallest absolute Gasteiger partial charge is 0.264 e. The molecule has 2 aromatic rings. The molecular formula is C11H14N4O2. The number of nitrogens with zero attached hydrogens (tertiary/aromatic N) is 3. The van der Waals surface area contributed by atoms with E-state index in [2.05, 4.69) is 15.1 Å². The molecule has 0 saturated heterocycles. The minimum atomic E-state index is -0.615. The summed E-state index contributed by atoms with van der Waals surface area (Å²) in [7, 11) is 0. The van der Waals surface area contributed by atoms with Crippen LogP contribution in [0.25, 0.3) is 0 Å². The third kappa shape index (κ3) is 3.01. The minimum absolute atomic E-state index is 0.203. The Morgan fingerprint density at radius 1 is 1.47 bits per heavy atom. The molecular weight excluding hydrogens is 220 g/mol. The van der Waals surface area contributed by atoms with Gasteiger partial charge in [0.05, 0.1) is 11.7 Å². The largest absolute Gasteiger partial charge is 0.482 e. The van der Waals surface area contributed by atoms with Crippen molar-refractivity contribution in [2.75, 3.05) is 0 Å². The van der Waals surface area contributed by atoms with Crippen molar-refractivity contribution in [1.29, 1.82) is 0 Å². The second-order valence-electron chi connectivity index (χ2n) is 4.21. The van der Waals surface area contributed by atoms with E-state index in [1.807, 2.05) is 13.8 Å². The zero-order valence-electron chi connectivity index (χ0n) is 9.75. The van der Waals surface area contributed by atoms with Crippen LogP contribution in [0.4, 0.5) is 0 Å². The average molecular weight is 234 g/mol. The van der Waals surface area contributed by atoms with E-state index in [0.29, 0.717) is 17.5 Å². The number of hydrogen-bond acceptors (Lipinski definition) is 6. The highest BCUT2D eigenvalue weighted by Gasteiger charge is 2.21. The average Bonchev–Trinajstić information content (AvgIpc) is 2.76. The van der Waals surface area contributed by atoms with E-state index in [1.54, 1.807) is 24.5 Å². The molecule has 0 aliphatic carbocycles. The fourth-order valence-corrected chi connectivity index (χ4v) is 1.15. The fourth-order valence-electron chi connectivity index (χ4n) is 1.15. The predicted octanol–water partition coefficient (Wildman–Crippen LogP) is 1.24. The van der Waals surface area contributed by atoms with Crippen LogP contribution in [0.2, 0.25) is 0 Å². The Kier molecular flexibility index (Phi) is 3.06. The molecule has 0 aromatic carbocycles. The van der Waals surface area contributed by atoms with E-state index in [9.17, 15) is 0 Å². The third-order valence-electron chi connectivity index (χ3n) is 2.04. The first-order valence-corrected chi connectivity index (χ1v) is 5.20. The topological polar surface area (TPSA) is 87.1 Å². The van der Waals surface area contributed by atoms with Gasteiger partial charge in [-0.05, 0) is 26.0 Å². The van der Waals surface area contributed by atoms with Crippen molar-refractivity contribution in [2.45, 2.75) is 26.0 Å². The molecule has 0 saturated carbocycles. The molecule has 2 N–H and O–H groups in total. The molecule has 0 bridgehead atoms. The van der Waals surface area contributed by atoms with Crippen LogP contribution < -0.4 is 10.5 Å². The summed E-state index contributed by atoms with van der Waals surface area (Å²) < 4.78 is 10.4. The first kappa shape index (κ1) is 11.5. The SMILES string of the molecule is CC(C)(N)c1noc(COc2cccnc2)n1. The van der Waals surface area contributed by atoms with Crippen molar-refractivity contribution in [3.05, 3.63) is 36.2 Å². The van der Waals surface area contributed by atoms with Crippen LogP contribution in [0.1, 0.15) is 25.6 Å². The Hall–Kier alpha value is -1.95. The molecule has 0 spiro atoms. The lowest BCUT2D eigenvalue weighted by Crippen LogP contribution is -2.30. The van der Waals surface area contributed by atoms with E-state index in [4.69, 9.17) is 15.0 Å². The third-order valence-corrected chi connectivity index (χ3v) is 2.04. The van der Waals surface area contributed by atoms with Gasteiger partial charge in [0.1, 0.15) is 5.75 Å². The second kappa shape index (κ2) is 4.50. The Bertz CT molecular complexity index is 476. The lowest BCUT2D eigenvalue weighted by molar-refractivity contribution is 0.241. The maximum Gasteiger partial charge on any atom is 0.264 e. The van der Waals surface area contributed by atoms with E-state index in [0.717, 1.165) is 0 Å². The minimum Gasteiger partial charge on any atom is -0.482 e. The Labute approximate surface area is 98.8 Å². The summed E-state index contributed by atoms with van der Waals surface area (Å²) in [6, 6.07) is 3.59. The van der Waals surface area contributed by atoms with Gasteiger partial charge in [-0.15, -0.1) is 0 Å². The molecule has 0 amide bonds. The zero-order valence-corrected chi connectivity index (χ0v) is 9.75. The van der Waals surface area contributed by atoms with E-state index >= 15 is 0 Å². The van der Waals surface area contributed by atoms with Crippen molar-refractivity contribution < 1.29 is 9.26 Å². The molecule has 2 rings (SSSR count). The molecule has 6 nitrogen and oxygen atoms in total. The summed E-state index contributed by atoms with van der Waals surface area (Å²) in [6.45, 7) is 3.82. The molecule has 0 atom stereocenters. The molecule has 2 aromatic heterocycles. The van der Waals surface area contributed by atoms with E-state index in [-0.39, 0.29) is 6.61 Å². The summed E-state index contributed by atoms with van der Waals surface area (Å²) in [5.74, 6) is 1.50. The van der Waals surface area contributed by atoms with Crippen molar-refractivity contribution in [3.63, 3.8) is 0 Å². The molecule has 0 unspecified atom stereocenters. The highest BCUT2D eigenvalue weighted by Crippen LogP contribution is 2.14. The van der Waals surface area contributed by atoms with E-state index in [1.165, 1.54) is 0 Å². The molecule has 0 aliphatic rings. The first-order chi connectivity index (χ1) is 8.05. The van der Waals surface area contributed by atoms with Crippen molar-refractivity contribution in [2.24, 2.45) is 5.73 Å². The van der Waals surface area contributed by atoms with Crippen LogP contribution in [0.3, 0.4) is 0 Å². The first-order valence-electron chi connectivity index (χ1n) is 5.20. The van der Waals surface area contributed by atoms with Crippen LogP contribution in [0, 0.1) is 0 Å². The lowest BCUT2D eigenvalue weighted by Gasteiger charge is -2.11. The maximum absolute atomic E-state index is 5.84. The highest BCUT2D eigenvalue weighted by atomic mass is 16.5. The van der Waals surface area contributed by atoms with Gasteiger partial charge in [0.15, 0.2) is 12.4 Å². The number of aromatic nitrogens is 3. The van der Waals surface area contributed by atoms with Gasteiger partial charge in [-0.1, -0.05) is 5.16 Å². The van der Waals surface area contributed by atoms with Crippen LogP contribution in [-0.2, 0) is 12.1 Å². The Balaban J connectivity index is 1.99. The van der Waals surface area contributed by atoms with Gasteiger partial charge in [-0.25, -0.2) is 0 Å². The van der Waals surface area contributed by atoms with Gasteiger partial charge in [0.2, 0.25) is 0 Å². The van der Waals surface area contributed by atoms with Crippen molar-refractivity contribution in [3.8, 4) is 5.75 Å². The fraction of sp³-hybridized carbons (Fsp3) is 0.364. The van der Waals surface area contributed by atoms with Crippen LogP contribution in [-0.4, -0.2) is 15.1 Å².